The lowest BCUT2D eigenvalue weighted by molar-refractivity contribution is 0.476. The van der Waals surface area contributed by atoms with E-state index < -0.39 is 10.0 Å². The van der Waals surface area contributed by atoms with Crippen LogP contribution in [0.2, 0.25) is 0 Å². The molecule has 1 aromatic carbocycles. The Morgan fingerprint density at radius 1 is 1.19 bits per heavy atom. The van der Waals surface area contributed by atoms with E-state index in [2.05, 4.69) is 20.7 Å². The molecule has 0 fully saturated rings. The summed E-state index contributed by atoms with van der Waals surface area (Å²) in [7, 11) is -3.43. The van der Waals surface area contributed by atoms with Crippen molar-refractivity contribution in [1.82, 2.24) is 4.72 Å². The van der Waals surface area contributed by atoms with Gasteiger partial charge >= 0.3 is 0 Å². The number of nitrogens with one attached hydrogen (secondary N) is 1. The summed E-state index contributed by atoms with van der Waals surface area (Å²) in [6.45, 7) is 5.82. The second-order valence-corrected chi connectivity index (χ2v) is 6.62. The van der Waals surface area contributed by atoms with Crippen molar-refractivity contribution >= 4 is 26.0 Å². The molecule has 0 amide bonds. The molecule has 90 valence electrons. The van der Waals surface area contributed by atoms with Crippen molar-refractivity contribution in [2.45, 2.75) is 31.7 Å². The topological polar surface area (TPSA) is 46.2 Å². The predicted molar refractivity (Wildman–Crippen MR) is 68.8 cm³/mol. The van der Waals surface area contributed by atoms with E-state index in [1.54, 1.807) is 24.3 Å². The third kappa shape index (κ3) is 3.30. The lowest BCUT2D eigenvalue weighted by Crippen LogP contribution is -2.36. The zero-order valence-corrected chi connectivity index (χ0v) is 12.0. The molecular weight excluding hydrogens is 290 g/mol. The van der Waals surface area contributed by atoms with E-state index >= 15 is 0 Å². The molecule has 1 N–H and O–H groups in total. The molecule has 0 saturated heterocycles. The van der Waals surface area contributed by atoms with E-state index in [0.717, 1.165) is 0 Å². The number of hydrogen-bond acceptors (Lipinski definition) is 2. The maximum Gasteiger partial charge on any atom is 0.241 e. The summed E-state index contributed by atoms with van der Waals surface area (Å²) < 4.78 is 27.3. The van der Waals surface area contributed by atoms with E-state index in [1.807, 2.05) is 20.8 Å². The molecule has 0 aromatic heterocycles. The first-order chi connectivity index (χ1) is 7.34. The molecule has 1 aromatic rings. The lowest BCUT2D eigenvalue weighted by atomic mass is 10.1. The lowest BCUT2D eigenvalue weighted by Gasteiger charge is -2.17. The van der Waals surface area contributed by atoms with Gasteiger partial charge in [0.15, 0.2) is 0 Å². The minimum absolute atomic E-state index is 0.0860. The summed E-state index contributed by atoms with van der Waals surface area (Å²) in [4.78, 5) is 0.280. The highest BCUT2D eigenvalue weighted by Gasteiger charge is 2.20. The molecule has 0 saturated carbocycles. The van der Waals surface area contributed by atoms with Crippen LogP contribution >= 0.6 is 15.9 Å². The first kappa shape index (κ1) is 13.7. The predicted octanol–water partition coefficient (Wildman–Crippen LogP) is 2.77. The van der Waals surface area contributed by atoms with Gasteiger partial charge in [0.2, 0.25) is 10.0 Å². The van der Waals surface area contributed by atoms with Crippen molar-refractivity contribution in [3.63, 3.8) is 0 Å². The number of hydrogen-bond donors (Lipinski definition) is 1. The van der Waals surface area contributed by atoms with Crippen LogP contribution in [0.4, 0.5) is 0 Å². The molecule has 0 aliphatic heterocycles. The van der Waals surface area contributed by atoms with Crippen LogP contribution < -0.4 is 4.72 Å². The highest BCUT2D eigenvalue weighted by molar-refractivity contribution is 9.10. The average molecular weight is 306 g/mol. The van der Waals surface area contributed by atoms with Crippen molar-refractivity contribution in [2.24, 2.45) is 5.92 Å². The summed E-state index contributed by atoms with van der Waals surface area (Å²) in [5.41, 5.74) is 0. The molecule has 0 heterocycles. The molecule has 0 aliphatic carbocycles. The number of benzene rings is 1. The van der Waals surface area contributed by atoms with Crippen LogP contribution in [0.25, 0.3) is 0 Å². The Bertz CT molecular complexity index is 457. The quantitative estimate of drug-likeness (QED) is 0.930. The Morgan fingerprint density at radius 2 is 1.75 bits per heavy atom. The van der Waals surface area contributed by atoms with Gasteiger partial charge in [-0.15, -0.1) is 0 Å². The van der Waals surface area contributed by atoms with E-state index in [4.69, 9.17) is 0 Å². The SMILES string of the molecule is CC(C)C(C)NS(=O)(=O)c1ccccc1Br. The Labute approximate surface area is 105 Å². The average Bonchev–Trinajstić information content (AvgIpc) is 2.17. The van der Waals surface area contributed by atoms with Gasteiger partial charge in [-0.3, -0.25) is 0 Å². The molecule has 16 heavy (non-hydrogen) atoms. The third-order valence-corrected chi connectivity index (χ3v) is 5.04. The first-order valence-corrected chi connectivity index (χ1v) is 7.39. The first-order valence-electron chi connectivity index (χ1n) is 5.11. The zero-order valence-electron chi connectivity index (χ0n) is 9.57. The molecule has 0 radical (unpaired) electrons. The van der Waals surface area contributed by atoms with Crippen LogP contribution in [0.5, 0.6) is 0 Å². The normalized spacial score (nSPS) is 14.1. The highest BCUT2D eigenvalue weighted by Crippen LogP contribution is 2.21. The number of halogens is 1. The molecule has 1 atom stereocenters. The largest absolute Gasteiger partial charge is 0.241 e. The van der Waals surface area contributed by atoms with Crippen molar-refractivity contribution < 1.29 is 8.42 Å². The maximum atomic E-state index is 12.0. The standard InChI is InChI=1S/C11H16BrNO2S/c1-8(2)9(3)13-16(14,15)11-7-5-4-6-10(11)12/h4-9,13H,1-3H3. The molecule has 1 rings (SSSR count). The Kier molecular flexibility index (Phi) is 4.52. The molecule has 0 bridgehead atoms. The zero-order chi connectivity index (χ0) is 12.3. The highest BCUT2D eigenvalue weighted by atomic mass is 79.9. The van der Waals surface area contributed by atoms with E-state index in [9.17, 15) is 8.42 Å². The van der Waals surface area contributed by atoms with E-state index in [0.29, 0.717) is 4.47 Å². The van der Waals surface area contributed by atoms with Gasteiger partial charge in [0.05, 0.1) is 4.90 Å². The van der Waals surface area contributed by atoms with Gasteiger partial charge in [0.1, 0.15) is 0 Å². The van der Waals surface area contributed by atoms with Gasteiger partial charge in [-0.05, 0) is 40.9 Å². The molecular formula is C11H16BrNO2S. The summed E-state index contributed by atoms with van der Waals surface area (Å²) >= 11 is 3.24. The minimum atomic E-state index is -3.43. The third-order valence-electron chi connectivity index (χ3n) is 2.47. The summed E-state index contributed by atoms with van der Waals surface area (Å²) in [5.74, 6) is 0.261. The fourth-order valence-electron chi connectivity index (χ4n) is 1.11. The van der Waals surface area contributed by atoms with Gasteiger partial charge in [-0.1, -0.05) is 26.0 Å². The fraction of sp³-hybridized carbons (Fsp3) is 0.455. The van der Waals surface area contributed by atoms with Crippen LogP contribution in [-0.4, -0.2) is 14.5 Å². The van der Waals surface area contributed by atoms with E-state index in [1.165, 1.54) is 0 Å². The number of sulfonamides is 1. The van der Waals surface area contributed by atoms with Gasteiger partial charge in [-0.2, -0.15) is 0 Å². The van der Waals surface area contributed by atoms with Gasteiger partial charge < -0.3 is 0 Å². The van der Waals surface area contributed by atoms with Crippen molar-refractivity contribution in [1.29, 1.82) is 0 Å². The summed E-state index contributed by atoms with van der Waals surface area (Å²) in [6.07, 6.45) is 0. The van der Waals surface area contributed by atoms with Crippen LogP contribution in [0.3, 0.4) is 0 Å². The molecule has 1 unspecified atom stereocenters. The van der Waals surface area contributed by atoms with Crippen LogP contribution in [0, 0.1) is 5.92 Å². The van der Waals surface area contributed by atoms with E-state index in [-0.39, 0.29) is 16.9 Å². The van der Waals surface area contributed by atoms with Crippen LogP contribution in [-0.2, 0) is 10.0 Å². The molecule has 0 spiro atoms. The summed E-state index contributed by atoms with van der Waals surface area (Å²) in [5, 5.41) is 0. The van der Waals surface area contributed by atoms with Gasteiger partial charge in [0, 0.05) is 10.5 Å². The fourth-order valence-corrected chi connectivity index (χ4v) is 3.50. The van der Waals surface area contributed by atoms with Crippen molar-refractivity contribution in [2.75, 3.05) is 0 Å². The smallest absolute Gasteiger partial charge is 0.208 e. The molecule has 0 aliphatic rings. The molecule has 3 nitrogen and oxygen atoms in total. The van der Waals surface area contributed by atoms with Crippen molar-refractivity contribution in [3.05, 3.63) is 28.7 Å². The van der Waals surface area contributed by atoms with Gasteiger partial charge in [0.25, 0.3) is 0 Å². The molecule has 5 heteroatoms. The Balaban J connectivity index is 3.00. The number of rotatable bonds is 4. The maximum absolute atomic E-state index is 12.0. The Hall–Kier alpha value is -0.390. The summed E-state index contributed by atoms with van der Waals surface area (Å²) in [6, 6.07) is 6.71. The van der Waals surface area contributed by atoms with Crippen LogP contribution in [0.1, 0.15) is 20.8 Å². The minimum Gasteiger partial charge on any atom is -0.208 e. The second kappa shape index (κ2) is 5.29. The van der Waals surface area contributed by atoms with Crippen LogP contribution in [0.15, 0.2) is 33.6 Å². The second-order valence-electron chi connectivity index (χ2n) is 4.08. The Morgan fingerprint density at radius 3 is 2.25 bits per heavy atom. The monoisotopic (exact) mass is 305 g/mol. The van der Waals surface area contributed by atoms with Crippen molar-refractivity contribution in [3.8, 4) is 0 Å². The van der Waals surface area contributed by atoms with Gasteiger partial charge in [-0.25, -0.2) is 13.1 Å².